The van der Waals surface area contributed by atoms with Crippen molar-refractivity contribution in [3.63, 3.8) is 0 Å². The minimum atomic E-state index is -0.471. The van der Waals surface area contributed by atoms with E-state index in [0.29, 0.717) is 19.0 Å². The Balaban J connectivity index is 0.00000576. The number of nitrogens with one attached hydrogen (secondary N) is 3. The summed E-state index contributed by atoms with van der Waals surface area (Å²) < 4.78 is 5.20. The van der Waals surface area contributed by atoms with Crippen LogP contribution in [0.1, 0.15) is 40.5 Å². The topological polar surface area (TPSA) is 78.0 Å². The molecule has 0 spiro atoms. The highest BCUT2D eigenvalue weighted by Crippen LogP contribution is 2.14. The lowest BCUT2D eigenvalue weighted by Crippen LogP contribution is -2.43. The molecule has 0 aromatic carbocycles. The molecule has 1 heterocycles. The van der Waals surface area contributed by atoms with Crippen LogP contribution in [0.4, 0.5) is 4.79 Å². The number of amides is 1. The largest absolute Gasteiger partial charge is 0.444 e. The van der Waals surface area contributed by atoms with E-state index in [1.54, 1.807) is 0 Å². The van der Waals surface area contributed by atoms with Crippen molar-refractivity contribution >= 4 is 36.0 Å². The molecule has 1 amide bonds. The Morgan fingerprint density at radius 1 is 1.24 bits per heavy atom. The van der Waals surface area contributed by atoms with Crippen molar-refractivity contribution in [2.24, 2.45) is 10.9 Å². The molecule has 1 aliphatic heterocycles. The molecule has 3 N–H and O–H groups in total. The van der Waals surface area contributed by atoms with Gasteiger partial charge in [-0.15, -0.1) is 24.0 Å². The van der Waals surface area contributed by atoms with Gasteiger partial charge in [-0.1, -0.05) is 0 Å². The number of halogens is 1. The number of ether oxygens (including phenoxy) is 1. The second kappa shape index (κ2) is 12.6. The first-order valence-corrected chi connectivity index (χ1v) is 8.97. The smallest absolute Gasteiger partial charge is 0.407 e. The molecule has 0 aromatic rings. The number of hydrogen-bond acceptors (Lipinski definition) is 4. The van der Waals surface area contributed by atoms with E-state index >= 15 is 0 Å². The summed E-state index contributed by atoms with van der Waals surface area (Å²) in [5.41, 5.74) is -0.471. The van der Waals surface area contributed by atoms with Crippen molar-refractivity contribution in [3.05, 3.63) is 0 Å². The summed E-state index contributed by atoms with van der Waals surface area (Å²) in [7, 11) is 2.17. The van der Waals surface area contributed by atoms with Gasteiger partial charge in [-0.25, -0.2) is 4.79 Å². The number of aliphatic imine (C=N–C) groups is 1. The van der Waals surface area contributed by atoms with E-state index in [0.717, 1.165) is 25.6 Å². The molecule has 1 rings (SSSR count). The van der Waals surface area contributed by atoms with Gasteiger partial charge in [0.05, 0.1) is 0 Å². The summed E-state index contributed by atoms with van der Waals surface area (Å²) in [6.45, 7) is 12.6. The monoisotopic (exact) mass is 469 g/mol. The summed E-state index contributed by atoms with van der Waals surface area (Å²) in [4.78, 5) is 18.6. The number of nitrogens with zero attached hydrogens (tertiary/aromatic N) is 2. The average Bonchev–Trinajstić information content (AvgIpc) is 2.47. The van der Waals surface area contributed by atoms with Gasteiger partial charge in [0.1, 0.15) is 5.60 Å². The molecule has 25 heavy (non-hydrogen) atoms. The maximum Gasteiger partial charge on any atom is 0.407 e. The molecule has 0 saturated carbocycles. The van der Waals surface area contributed by atoms with E-state index in [4.69, 9.17) is 4.74 Å². The van der Waals surface area contributed by atoms with Crippen LogP contribution in [0.2, 0.25) is 0 Å². The van der Waals surface area contributed by atoms with Crippen LogP contribution >= 0.6 is 24.0 Å². The minimum Gasteiger partial charge on any atom is -0.444 e. The third kappa shape index (κ3) is 12.3. The number of rotatable bonds is 6. The van der Waals surface area contributed by atoms with Crippen LogP contribution in [-0.2, 0) is 4.74 Å². The second-order valence-electron chi connectivity index (χ2n) is 7.35. The number of alkyl carbamates (subject to hydrolysis) is 1. The van der Waals surface area contributed by atoms with Gasteiger partial charge in [-0.3, -0.25) is 4.99 Å². The average molecular weight is 469 g/mol. The van der Waals surface area contributed by atoms with Crippen molar-refractivity contribution in [2.75, 3.05) is 46.3 Å². The Bertz CT molecular complexity index is 412. The Morgan fingerprint density at radius 3 is 2.52 bits per heavy atom. The molecule has 0 aliphatic carbocycles. The summed E-state index contributed by atoms with van der Waals surface area (Å²) >= 11 is 0. The zero-order valence-corrected chi connectivity index (χ0v) is 18.7. The zero-order valence-electron chi connectivity index (χ0n) is 16.4. The Morgan fingerprint density at radius 2 is 1.92 bits per heavy atom. The van der Waals surface area contributed by atoms with Crippen LogP contribution in [0.15, 0.2) is 4.99 Å². The predicted molar refractivity (Wildman–Crippen MR) is 114 cm³/mol. The Hall–Kier alpha value is -0.770. The van der Waals surface area contributed by atoms with E-state index in [9.17, 15) is 4.79 Å². The standard InChI is InChI=1S/C17H35N5O2.HI/c1-6-18-15(21-12-14-8-7-11-22(5)13-14)19-9-10-20-16(23)24-17(2,3)4;/h14H,6-13H2,1-5H3,(H,20,23)(H2,18,19,21);1H. The lowest BCUT2D eigenvalue weighted by molar-refractivity contribution is 0.0529. The molecule has 148 valence electrons. The van der Waals surface area contributed by atoms with Crippen molar-refractivity contribution < 1.29 is 9.53 Å². The molecular formula is C17H36IN5O2. The third-order valence-corrected chi connectivity index (χ3v) is 3.66. The second-order valence-corrected chi connectivity index (χ2v) is 7.35. The van der Waals surface area contributed by atoms with Gasteiger partial charge < -0.3 is 25.6 Å². The van der Waals surface area contributed by atoms with Gasteiger partial charge in [0.2, 0.25) is 0 Å². The van der Waals surface area contributed by atoms with Crippen LogP contribution in [0.3, 0.4) is 0 Å². The Kier molecular flexibility index (Phi) is 12.2. The fraction of sp³-hybridized carbons (Fsp3) is 0.882. The maximum atomic E-state index is 11.6. The first-order valence-electron chi connectivity index (χ1n) is 8.97. The molecule has 0 radical (unpaired) electrons. The molecule has 1 fully saturated rings. The highest BCUT2D eigenvalue weighted by molar-refractivity contribution is 14.0. The van der Waals surface area contributed by atoms with Crippen LogP contribution < -0.4 is 16.0 Å². The SMILES string of the molecule is CCNC(=NCC1CCCN(C)C1)NCCNC(=O)OC(C)(C)C.I. The van der Waals surface area contributed by atoms with Gasteiger partial charge in [-0.05, 0) is 60.0 Å². The molecule has 1 unspecified atom stereocenters. The van der Waals surface area contributed by atoms with Gasteiger partial charge >= 0.3 is 6.09 Å². The first-order chi connectivity index (χ1) is 11.3. The predicted octanol–water partition coefficient (Wildman–Crippen LogP) is 2.03. The summed E-state index contributed by atoms with van der Waals surface area (Å²) in [5, 5.41) is 9.22. The van der Waals surface area contributed by atoms with Gasteiger partial charge in [-0.2, -0.15) is 0 Å². The number of carbonyl (C=O) groups is 1. The number of hydrogen-bond donors (Lipinski definition) is 3. The van der Waals surface area contributed by atoms with Gasteiger partial charge in [0.25, 0.3) is 0 Å². The molecule has 0 aromatic heterocycles. The fourth-order valence-electron chi connectivity index (χ4n) is 2.64. The van der Waals surface area contributed by atoms with E-state index in [1.807, 2.05) is 27.7 Å². The Labute approximate surface area is 169 Å². The summed E-state index contributed by atoms with van der Waals surface area (Å²) in [6.07, 6.45) is 2.10. The highest BCUT2D eigenvalue weighted by Gasteiger charge is 2.17. The molecule has 0 bridgehead atoms. The fourth-order valence-corrected chi connectivity index (χ4v) is 2.64. The van der Waals surface area contributed by atoms with Crippen molar-refractivity contribution in [3.8, 4) is 0 Å². The molecule has 1 saturated heterocycles. The normalized spacial score (nSPS) is 18.9. The lowest BCUT2D eigenvalue weighted by atomic mass is 9.99. The van der Waals surface area contributed by atoms with E-state index in [-0.39, 0.29) is 24.0 Å². The van der Waals surface area contributed by atoms with Crippen LogP contribution in [0, 0.1) is 5.92 Å². The highest BCUT2D eigenvalue weighted by atomic mass is 127. The van der Waals surface area contributed by atoms with E-state index in [2.05, 4.69) is 32.9 Å². The van der Waals surface area contributed by atoms with E-state index < -0.39 is 11.7 Å². The van der Waals surface area contributed by atoms with Crippen molar-refractivity contribution in [2.45, 2.75) is 46.1 Å². The number of likely N-dealkylation sites (tertiary alicyclic amines) is 1. The van der Waals surface area contributed by atoms with Gasteiger partial charge in [0, 0.05) is 32.7 Å². The maximum absolute atomic E-state index is 11.6. The number of piperidine rings is 1. The van der Waals surface area contributed by atoms with Crippen LogP contribution in [0.5, 0.6) is 0 Å². The lowest BCUT2D eigenvalue weighted by Gasteiger charge is -2.28. The molecular weight excluding hydrogens is 433 g/mol. The molecule has 8 heteroatoms. The minimum absolute atomic E-state index is 0. The van der Waals surface area contributed by atoms with Gasteiger partial charge in [0.15, 0.2) is 5.96 Å². The van der Waals surface area contributed by atoms with E-state index in [1.165, 1.54) is 19.4 Å². The summed E-state index contributed by atoms with van der Waals surface area (Å²) in [5.74, 6) is 1.43. The van der Waals surface area contributed by atoms with Crippen LogP contribution in [0.25, 0.3) is 0 Å². The zero-order chi connectivity index (χ0) is 18.0. The van der Waals surface area contributed by atoms with Crippen LogP contribution in [-0.4, -0.2) is 68.9 Å². The number of guanidine groups is 1. The quantitative estimate of drug-likeness (QED) is 0.240. The first kappa shape index (κ1) is 24.2. The van der Waals surface area contributed by atoms with Crippen molar-refractivity contribution in [1.82, 2.24) is 20.9 Å². The molecule has 7 nitrogen and oxygen atoms in total. The summed E-state index contributed by atoms with van der Waals surface area (Å²) in [6, 6.07) is 0. The van der Waals surface area contributed by atoms with Crippen molar-refractivity contribution in [1.29, 1.82) is 0 Å². The molecule has 1 atom stereocenters. The third-order valence-electron chi connectivity index (χ3n) is 3.66. The number of carbonyl (C=O) groups excluding carboxylic acids is 1. The molecule has 1 aliphatic rings.